The molecular weight excluding hydrogens is 315 g/mol. The van der Waals surface area contributed by atoms with Gasteiger partial charge in [0, 0.05) is 6.54 Å². The van der Waals surface area contributed by atoms with Crippen molar-refractivity contribution in [3.05, 3.63) is 65.7 Å². The second kappa shape index (κ2) is 6.50. The Bertz CT molecular complexity index is 728. The molecule has 0 saturated carbocycles. The molecule has 22 heavy (non-hydrogen) atoms. The number of nitrogens with one attached hydrogen (secondary N) is 1. The van der Waals surface area contributed by atoms with E-state index in [4.69, 9.17) is 0 Å². The summed E-state index contributed by atoms with van der Waals surface area (Å²) in [5.41, 5.74) is -0.318. The normalized spacial score (nSPS) is 12.3. The zero-order valence-electron chi connectivity index (χ0n) is 11.5. The Labute approximate surface area is 126 Å². The Kier molecular flexibility index (Phi) is 4.87. The van der Waals surface area contributed by atoms with Crippen LogP contribution in [0.15, 0.2) is 59.5 Å². The Morgan fingerprint density at radius 3 is 2.27 bits per heavy atom. The molecule has 118 valence electrons. The van der Waals surface area contributed by atoms with Crippen LogP contribution in [-0.4, -0.2) is 15.0 Å². The van der Waals surface area contributed by atoms with Crippen LogP contribution in [0.3, 0.4) is 0 Å². The lowest BCUT2D eigenvalue weighted by atomic mass is 10.1. The lowest BCUT2D eigenvalue weighted by Gasteiger charge is -2.09. The van der Waals surface area contributed by atoms with Gasteiger partial charge in [-0.15, -0.1) is 0 Å². The SMILES string of the molecule is O=S(=O)(NCCc1cccc(C(F)(F)F)c1)c1ccccc1. The molecule has 0 saturated heterocycles. The molecule has 0 bridgehead atoms. The Morgan fingerprint density at radius 1 is 0.955 bits per heavy atom. The van der Waals surface area contributed by atoms with Gasteiger partial charge in [-0.05, 0) is 30.2 Å². The summed E-state index contributed by atoms with van der Waals surface area (Å²) in [7, 11) is -3.64. The highest BCUT2D eigenvalue weighted by atomic mass is 32.2. The van der Waals surface area contributed by atoms with E-state index in [1.807, 2.05) is 0 Å². The third kappa shape index (κ3) is 4.32. The second-order valence-corrected chi connectivity index (χ2v) is 6.43. The third-order valence-corrected chi connectivity index (χ3v) is 4.49. The van der Waals surface area contributed by atoms with Gasteiger partial charge in [0.2, 0.25) is 10.0 Å². The average Bonchev–Trinajstić information content (AvgIpc) is 2.47. The molecular formula is C15H14F3NO2S. The zero-order valence-corrected chi connectivity index (χ0v) is 12.3. The average molecular weight is 329 g/mol. The first-order chi connectivity index (χ1) is 10.3. The van der Waals surface area contributed by atoms with Crippen LogP contribution >= 0.6 is 0 Å². The molecule has 0 atom stereocenters. The molecule has 1 N–H and O–H groups in total. The van der Waals surface area contributed by atoms with Crippen molar-refractivity contribution < 1.29 is 21.6 Å². The van der Waals surface area contributed by atoms with Gasteiger partial charge < -0.3 is 0 Å². The van der Waals surface area contributed by atoms with E-state index in [1.54, 1.807) is 18.2 Å². The fraction of sp³-hybridized carbons (Fsp3) is 0.200. The molecule has 0 spiro atoms. The van der Waals surface area contributed by atoms with Crippen LogP contribution in [0.1, 0.15) is 11.1 Å². The van der Waals surface area contributed by atoms with Crippen molar-refractivity contribution in [3.8, 4) is 0 Å². The quantitative estimate of drug-likeness (QED) is 0.915. The molecule has 7 heteroatoms. The first-order valence-corrected chi connectivity index (χ1v) is 7.98. The molecule has 0 heterocycles. The number of rotatable bonds is 5. The summed E-state index contributed by atoms with van der Waals surface area (Å²) in [5.74, 6) is 0. The highest BCUT2D eigenvalue weighted by Crippen LogP contribution is 2.29. The molecule has 0 aliphatic rings. The molecule has 3 nitrogen and oxygen atoms in total. The minimum Gasteiger partial charge on any atom is -0.211 e. The van der Waals surface area contributed by atoms with Crippen molar-refractivity contribution >= 4 is 10.0 Å². The van der Waals surface area contributed by atoms with Gasteiger partial charge in [-0.25, -0.2) is 13.1 Å². The first-order valence-electron chi connectivity index (χ1n) is 6.50. The van der Waals surface area contributed by atoms with E-state index in [9.17, 15) is 21.6 Å². The van der Waals surface area contributed by atoms with Gasteiger partial charge in [0.25, 0.3) is 0 Å². The summed E-state index contributed by atoms with van der Waals surface area (Å²) >= 11 is 0. The Hall–Kier alpha value is -1.86. The van der Waals surface area contributed by atoms with Gasteiger partial charge in [0.15, 0.2) is 0 Å². The van der Waals surface area contributed by atoms with Crippen LogP contribution in [0.2, 0.25) is 0 Å². The lowest BCUT2D eigenvalue weighted by molar-refractivity contribution is -0.137. The molecule has 2 rings (SSSR count). The maximum atomic E-state index is 12.6. The van der Waals surface area contributed by atoms with Crippen molar-refractivity contribution in [2.75, 3.05) is 6.54 Å². The van der Waals surface area contributed by atoms with Gasteiger partial charge in [0.05, 0.1) is 10.5 Å². The van der Waals surface area contributed by atoms with E-state index in [0.717, 1.165) is 12.1 Å². The van der Waals surface area contributed by atoms with Crippen molar-refractivity contribution in [1.82, 2.24) is 4.72 Å². The number of hydrogen-bond acceptors (Lipinski definition) is 2. The fourth-order valence-corrected chi connectivity index (χ4v) is 2.97. The summed E-state index contributed by atoms with van der Waals surface area (Å²) in [5, 5.41) is 0. The number of hydrogen-bond donors (Lipinski definition) is 1. The molecule has 0 radical (unpaired) electrons. The first kappa shape index (κ1) is 16.5. The second-order valence-electron chi connectivity index (χ2n) is 4.66. The standard InChI is InChI=1S/C15H14F3NO2S/c16-15(17,18)13-6-4-5-12(11-13)9-10-19-22(20,21)14-7-2-1-3-8-14/h1-8,11,19H,9-10H2. The summed E-state index contributed by atoms with van der Waals surface area (Å²) in [6, 6.07) is 12.6. The van der Waals surface area contributed by atoms with Crippen LogP contribution in [0.5, 0.6) is 0 Å². The number of sulfonamides is 1. The highest BCUT2D eigenvalue weighted by Gasteiger charge is 2.30. The fourth-order valence-electron chi connectivity index (χ4n) is 1.92. The summed E-state index contributed by atoms with van der Waals surface area (Å²) in [6.07, 6.45) is -4.23. The highest BCUT2D eigenvalue weighted by molar-refractivity contribution is 7.89. The van der Waals surface area contributed by atoms with E-state index >= 15 is 0 Å². The molecule has 0 fully saturated rings. The molecule has 0 aliphatic carbocycles. The Balaban J connectivity index is 2.00. The molecule has 0 aromatic heterocycles. The maximum Gasteiger partial charge on any atom is 0.416 e. The van der Waals surface area contributed by atoms with Crippen LogP contribution in [0.25, 0.3) is 0 Å². The van der Waals surface area contributed by atoms with Gasteiger partial charge in [0.1, 0.15) is 0 Å². The van der Waals surface area contributed by atoms with E-state index in [1.165, 1.54) is 24.3 Å². The van der Waals surface area contributed by atoms with Crippen LogP contribution in [0, 0.1) is 0 Å². The number of halogens is 3. The minimum atomic E-state index is -4.40. The Morgan fingerprint density at radius 2 is 1.64 bits per heavy atom. The van der Waals surface area contributed by atoms with Crippen molar-refractivity contribution in [1.29, 1.82) is 0 Å². The lowest BCUT2D eigenvalue weighted by Crippen LogP contribution is -2.26. The van der Waals surface area contributed by atoms with E-state index in [2.05, 4.69) is 4.72 Å². The number of benzene rings is 2. The van der Waals surface area contributed by atoms with Crippen LogP contribution < -0.4 is 4.72 Å². The summed E-state index contributed by atoms with van der Waals surface area (Å²) in [4.78, 5) is 0.124. The summed E-state index contributed by atoms with van der Waals surface area (Å²) < 4.78 is 64.1. The largest absolute Gasteiger partial charge is 0.416 e. The van der Waals surface area contributed by atoms with E-state index in [0.29, 0.717) is 5.56 Å². The van der Waals surface area contributed by atoms with Crippen LogP contribution in [0.4, 0.5) is 13.2 Å². The molecule has 0 amide bonds. The monoisotopic (exact) mass is 329 g/mol. The molecule has 0 aliphatic heterocycles. The van der Waals surface area contributed by atoms with Crippen LogP contribution in [-0.2, 0) is 22.6 Å². The maximum absolute atomic E-state index is 12.6. The topological polar surface area (TPSA) is 46.2 Å². The van der Waals surface area contributed by atoms with Gasteiger partial charge in [-0.1, -0.05) is 36.4 Å². The van der Waals surface area contributed by atoms with Crippen molar-refractivity contribution in [2.24, 2.45) is 0 Å². The van der Waals surface area contributed by atoms with Gasteiger partial charge >= 0.3 is 6.18 Å². The van der Waals surface area contributed by atoms with E-state index < -0.39 is 21.8 Å². The summed E-state index contributed by atoms with van der Waals surface area (Å²) in [6.45, 7) is 0.0263. The van der Waals surface area contributed by atoms with Crippen molar-refractivity contribution in [3.63, 3.8) is 0 Å². The zero-order chi connectivity index (χ0) is 16.2. The number of alkyl halides is 3. The minimum absolute atomic E-state index is 0.0263. The molecule has 0 unspecified atom stereocenters. The van der Waals surface area contributed by atoms with Crippen molar-refractivity contribution in [2.45, 2.75) is 17.5 Å². The van der Waals surface area contributed by atoms with Gasteiger partial charge in [-0.2, -0.15) is 13.2 Å². The third-order valence-electron chi connectivity index (χ3n) is 3.01. The predicted octanol–water partition coefficient (Wildman–Crippen LogP) is 3.23. The smallest absolute Gasteiger partial charge is 0.211 e. The molecule has 2 aromatic rings. The predicted molar refractivity (Wildman–Crippen MR) is 76.8 cm³/mol. The van der Waals surface area contributed by atoms with Gasteiger partial charge in [-0.3, -0.25) is 0 Å². The van der Waals surface area contributed by atoms with E-state index in [-0.39, 0.29) is 17.9 Å². The molecule has 2 aromatic carbocycles.